The van der Waals surface area contributed by atoms with Crippen LogP contribution < -0.4 is 11.1 Å². The Morgan fingerprint density at radius 1 is 1.42 bits per heavy atom. The smallest absolute Gasteiger partial charge is 0.237 e. The molecule has 6 heteroatoms. The fraction of sp³-hybridized carbons (Fsp3) is 0.923. The minimum absolute atomic E-state index is 0. The van der Waals surface area contributed by atoms with Crippen molar-refractivity contribution in [2.24, 2.45) is 11.7 Å². The molecule has 19 heavy (non-hydrogen) atoms. The topological polar surface area (TPSA) is 67.6 Å². The first-order valence-corrected chi connectivity index (χ1v) is 6.98. The average molecular weight is 294 g/mol. The second-order valence-corrected chi connectivity index (χ2v) is 5.01. The van der Waals surface area contributed by atoms with E-state index < -0.39 is 0 Å². The van der Waals surface area contributed by atoms with Crippen molar-refractivity contribution < 1.29 is 9.53 Å². The van der Waals surface area contributed by atoms with E-state index in [4.69, 9.17) is 10.5 Å². The molecule has 1 amide bonds. The second-order valence-electron chi connectivity index (χ2n) is 5.01. The van der Waals surface area contributed by atoms with Crippen LogP contribution in [0.25, 0.3) is 0 Å². The molecule has 0 bridgehead atoms. The second kappa shape index (κ2) is 10.4. The van der Waals surface area contributed by atoms with Gasteiger partial charge in [0.15, 0.2) is 0 Å². The van der Waals surface area contributed by atoms with E-state index in [-0.39, 0.29) is 30.3 Å². The summed E-state index contributed by atoms with van der Waals surface area (Å²) in [7, 11) is 0. The monoisotopic (exact) mass is 293 g/mol. The van der Waals surface area contributed by atoms with Crippen LogP contribution in [0.1, 0.15) is 26.7 Å². The zero-order valence-electron chi connectivity index (χ0n) is 12.1. The van der Waals surface area contributed by atoms with Crippen LogP contribution in [0, 0.1) is 5.92 Å². The molecule has 0 aliphatic carbocycles. The first-order chi connectivity index (χ1) is 8.65. The number of hydrogen-bond donors (Lipinski definition) is 2. The molecule has 5 nitrogen and oxygen atoms in total. The van der Waals surface area contributed by atoms with Crippen molar-refractivity contribution in [3.05, 3.63) is 0 Å². The van der Waals surface area contributed by atoms with Gasteiger partial charge in [-0.3, -0.25) is 9.69 Å². The Labute approximate surface area is 122 Å². The molecule has 114 valence electrons. The van der Waals surface area contributed by atoms with E-state index >= 15 is 0 Å². The number of nitrogens with two attached hydrogens (primary N) is 1. The molecule has 3 N–H and O–H groups in total. The molecule has 1 rings (SSSR count). The first kappa shape index (κ1) is 18.6. The third-order valence-corrected chi connectivity index (χ3v) is 3.61. The molecule has 2 atom stereocenters. The Balaban J connectivity index is 0.00000324. The minimum atomic E-state index is -0.376. The van der Waals surface area contributed by atoms with Crippen LogP contribution in [0.15, 0.2) is 0 Å². The van der Waals surface area contributed by atoms with Gasteiger partial charge in [-0.1, -0.05) is 20.3 Å². The SMILES string of the molecule is CCC(C)C(N)C(=O)NCCCN1CCOCC1.Cl. The molecule has 0 aromatic heterocycles. The van der Waals surface area contributed by atoms with Crippen molar-refractivity contribution in [1.29, 1.82) is 0 Å². The highest BCUT2D eigenvalue weighted by Gasteiger charge is 2.18. The fourth-order valence-electron chi connectivity index (χ4n) is 1.97. The number of amides is 1. The lowest BCUT2D eigenvalue weighted by Crippen LogP contribution is -2.45. The van der Waals surface area contributed by atoms with Crippen LogP contribution in [0.3, 0.4) is 0 Å². The lowest BCUT2D eigenvalue weighted by Gasteiger charge is -2.26. The van der Waals surface area contributed by atoms with Crippen LogP contribution in [0.4, 0.5) is 0 Å². The van der Waals surface area contributed by atoms with Crippen molar-refractivity contribution >= 4 is 18.3 Å². The highest BCUT2D eigenvalue weighted by molar-refractivity contribution is 5.85. The van der Waals surface area contributed by atoms with Crippen molar-refractivity contribution in [3.63, 3.8) is 0 Å². The summed E-state index contributed by atoms with van der Waals surface area (Å²) in [4.78, 5) is 14.1. The predicted octanol–water partition coefficient (Wildman–Crippen LogP) is 0.620. The third kappa shape index (κ3) is 7.11. The molecular weight excluding hydrogens is 266 g/mol. The van der Waals surface area contributed by atoms with E-state index in [2.05, 4.69) is 17.1 Å². The van der Waals surface area contributed by atoms with E-state index in [0.717, 1.165) is 45.7 Å². The Kier molecular flexibility index (Phi) is 10.2. The van der Waals surface area contributed by atoms with Crippen molar-refractivity contribution in [1.82, 2.24) is 10.2 Å². The van der Waals surface area contributed by atoms with Gasteiger partial charge >= 0.3 is 0 Å². The Bertz CT molecular complexity index is 248. The lowest BCUT2D eigenvalue weighted by molar-refractivity contribution is -0.123. The Hall–Kier alpha value is -0.360. The lowest BCUT2D eigenvalue weighted by atomic mass is 9.99. The van der Waals surface area contributed by atoms with Crippen molar-refractivity contribution in [2.75, 3.05) is 39.4 Å². The largest absolute Gasteiger partial charge is 0.379 e. The number of rotatable bonds is 7. The van der Waals surface area contributed by atoms with Crippen LogP contribution in [-0.2, 0) is 9.53 Å². The number of hydrogen-bond acceptors (Lipinski definition) is 4. The molecule has 0 aromatic rings. The molecule has 1 saturated heterocycles. The number of nitrogens with zero attached hydrogens (tertiary/aromatic N) is 1. The fourth-order valence-corrected chi connectivity index (χ4v) is 1.97. The summed E-state index contributed by atoms with van der Waals surface area (Å²) >= 11 is 0. The van der Waals surface area contributed by atoms with Gasteiger partial charge in [-0.15, -0.1) is 12.4 Å². The summed E-state index contributed by atoms with van der Waals surface area (Å²) in [6, 6.07) is -0.376. The molecule has 0 radical (unpaired) electrons. The van der Waals surface area contributed by atoms with E-state index in [0.29, 0.717) is 6.54 Å². The average Bonchev–Trinajstić information content (AvgIpc) is 2.42. The van der Waals surface area contributed by atoms with Crippen LogP contribution in [-0.4, -0.2) is 56.2 Å². The Morgan fingerprint density at radius 3 is 2.63 bits per heavy atom. The molecule has 0 saturated carbocycles. The van der Waals surface area contributed by atoms with Crippen LogP contribution >= 0.6 is 12.4 Å². The van der Waals surface area contributed by atoms with Gasteiger partial charge in [0.25, 0.3) is 0 Å². The van der Waals surface area contributed by atoms with Gasteiger partial charge < -0.3 is 15.8 Å². The van der Waals surface area contributed by atoms with Gasteiger partial charge in [-0.2, -0.15) is 0 Å². The number of morpholine rings is 1. The highest BCUT2D eigenvalue weighted by Crippen LogP contribution is 2.05. The van der Waals surface area contributed by atoms with Gasteiger partial charge in [0.2, 0.25) is 5.91 Å². The van der Waals surface area contributed by atoms with Gasteiger partial charge in [-0.05, 0) is 18.9 Å². The molecule has 1 aliphatic rings. The van der Waals surface area contributed by atoms with E-state index in [9.17, 15) is 4.79 Å². The van der Waals surface area contributed by atoms with E-state index in [1.165, 1.54) is 0 Å². The van der Waals surface area contributed by atoms with Gasteiger partial charge in [0.1, 0.15) is 0 Å². The number of ether oxygens (including phenoxy) is 1. The van der Waals surface area contributed by atoms with E-state index in [1.807, 2.05) is 6.92 Å². The maximum atomic E-state index is 11.7. The predicted molar refractivity (Wildman–Crippen MR) is 79.6 cm³/mol. The molecule has 2 unspecified atom stereocenters. The summed E-state index contributed by atoms with van der Waals surface area (Å²) in [5, 5.41) is 2.92. The van der Waals surface area contributed by atoms with Crippen molar-refractivity contribution in [3.8, 4) is 0 Å². The number of carbonyl (C=O) groups is 1. The number of nitrogens with one attached hydrogen (secondary N) is 1. The number of halogens is 1. The maximum absolute atomic E-state index is 11.7. The maximum Gasteiger partial charge on any atom is 0.237 e. The first-order valence-electron chi connectivity index (χ1n) is 6.98. The van der Waals surface area contributed by atoms with Crippen molar-refractivity contribution in [2.45, 2.75) is 32.7 Å². The van der Waals surface area contributed by atoms with Crippen LogP contribution in [0.2, 0.25) is 0 Å². The molecule has 1 heterocycles. The summed E-state index contributed by atoms with van der Waals surface area (Å²) < 4.78 is 5.29. The minimum Gasteiger partial charge on any atom is -0.379 e. The highest BCUT2D eigenvalue weighted by atomic mass is 35.5. The van der Waals surface area contributed by atoms with Gasteiger partial charge in [0.05, 0.1) is 19.3 Å². The molecule has 0 aromatic carbocycles. The summed E-state index contributed by atoms with van der Waals surface area (Å²) in [5.74, 6) is 0.218. The molecule has 1 aliphatic heterocycles. The zero-order chi connectivity index (χ0) is 13.4. The summed E-state index contributed by atoms with van der Waals surface area (Å²) in [5.41, 5.74) is 5.86. The molecule has 0 spiro atoms. The summed E-state index contributed by atoms with van der Waals surface area (Å²) in [6.07, 6.45) is 1.90. The zero-order valence-corrected chi connectivity index (χ0v) is 12.9. The Morgan fingerprint density at radius 2 is 2.05 bits per heavy atom. The normalized spacial score (nSPS) is 19.3. The van der Waals surface area contributed by atoms with Gasteiger partial charge in [-0.25, -0.2) is 0 Å². The molecule has 1 fully saturated rings. The standard InChI is InChI=1S/C13H27N3O2.ClH/c1-3-11(2)12(14)13(17)15-5-4-6-16-7-9-18-10-8-16;/h11-12H,3-10,14H2,1-2H3,(H,15,17);1H. The molecular formula is C13H28ClN3O2. The van der Waals surface area contributed by atoms with E-state index in [1.54, 1.807) is 0 Å². The quantitative estimate of drug-likeness (QED) is 0.675. The number of carbonyl (C=O) groups excluding carboxylic acids is 1. The van der Waals surface area contributed by atoms with Gasteiger partial charge in [0, 0.05) is 19.6 Å². The van der Waals surface area contributed by atoms with Crippen LogP contribution in [0.5, 0.6) is 0 Å². The third-order valence-electron chi connectivity index (χ3n) is 3.61. The summed E-state index contributed by atoms with van der Waals surface area (Å²) in [6.45, 7) is 9.44.